The first kappa shape index (κ1) is 56.1. The summed E-state index contributed by atoms with van der Waals surface area (Å²) in [5.74, 6) is -0.171. The molecule has 340 valence electrons. The minimum Gasteiger partial charge on any atom is -0.466 e. The number of hydrogen-bond donors (Lipinski definition) is 3. The largest absolute Gasteiger partial charge is 0.466 e. The van der Waals surface area contributed by atoms with Gasteiger partial charge in [0.15, 0.2) is 0 Å². The van der Waals surface area contributed by atoms with Crippen LogP contribution in [0.5, 0.6) is 0 Å². The molecule has 0 bridgehead atoms. The van der Waals surface area contributed by atoms with Gasteiger partial charge < -0.3 is 20.3 Å². The van der Waals surface area contributed by atoms with E-state index < -0.39 is 12.1 Å². The van der Waals surface area contributed by atoms with Crippen LogP contribution in [0.1, 0.15) is 258 Å². The summed E-state index contributed by atoms with van der Waals surface area (Å²) >= 11 is 0. The zero-order valence-corrected chi connectivity index (χ0v) is 38.5. The van der Waals surface area contributed by atoms with Crippen molar-refractivity contribution in [2.45, 2.75) is 270 Å². The molecule has 0 aromatic carbocycles. The molecule has 0 aliphatic rings. The van der Waals surface area contributed by atoms with Crippen LogP contribution in [0, 0.1) is 0 Å². The minimum atomic E-state index is -0.875. The van der Waals surface area contributed by atoms with Crippen LogP contribution in [0.4, 0.5) is 0 Å². The lowest BCUT2D eigenvalue weighted by atomic mass is 10.0. The first-order chi connectivity index (χ1) is 28.5. The zero-order valence-electron chi connectivity index (χ0n) is 38.5. The molecule has 0 saturated heterocycles. The van der Waals surface area contributed by atoms with Crippen LogP contribution in [0.3, 0.4) is 0 Å². The third-order valence-corrected chi connectivity index (χ3v) is 11.4. The van der Waals surface area contributed by atoms with Crippen LogP contribution < -0.4 is 5.32 Å². The van der Waals surface area contributed by atoms with Crippen molar-refractivity contribution in [1.29, 1.82) is 0 Å². The van der Waals surface area contributed by atoms with Crippen molar-refractivity contribution in [3.63, 3.8) is 0 Å². The Hall–Kier alpha value is -1.92. The average Bonchev–Trinajstić information content (AvgIpc) is 3.22. The van der Waals surface area contributed by atoms with Gasteiger partial charge in [-0.25, -0.2) is 0 Å². The van der Waals surface area contributed by atoms with Crippen LogP contribution in [0.15, 0.2) is 36.5 Å². The maximum absolute atomic E-state index is 12.4. The van der Waals surface area contributed by atoms with Gasteiger partial charge in [0.05, 0.1) is 25.4 Å². The number of rotatable bonds is 46. The van der Waals surface area contributed by atoms with Gasteiger partial charge in [-0.1, -0.05) is 204 Å². The van der Waals surface area contributed by atoms with Gasteiger partial charge in [-0.15, -0.1) is 0 Å². The molecular formula is C52H97NO5. The molecule has 1 amide bonds. The van der Waals surface area contributed by atoms with E-state index in [-0.39, 0.29) is 18.5 Å². The third kappa shape index (κ3) is 43.7. The van der Waals surface area contributed by atoms with Gasteiger partial charge in [0.1, 0.15) is 0 Å². The van der Waals surface area contributed by atoms with E-state index in [9.17, 15) is 19.8 Å². The van der Waals surface area contributed by atoms with E-state index in [4.69, 9.17) is 4.74 Å². The second-order valence-electron chi connectivity index (χ2n) is 17.1. The summed E-state index contributed by atoms with van der Waals surface area (Å²) in [5, 5.41) is 23.0. The zero-order chi connectivity index (χ0) is 42.3. The number of nitrogens with one attached hydrogen (secondary N) is 1. The summed E-state index contributed by atoms with van der Waals surface area (Å²) in [5.41, 5.74) is 0. The maximum atomic E-state index is 12.4. The SMILES string of the molecule is CCCCCCCC/C=C\CCCCCCCCCC(=O)OCCCCCC/C=C\CCCC(=O)NC(CO)C(O)/C=C/CCCCCCCCCCCCCCC. The van der Waals surface area contributed by atoms with Crippen LogP contribution in [0.25, 0.3) is 0 Å². The Labute approximate surface area is 360 Å². The molecule has 6 heteroatoms. The van der Waals surface area contributed by atoms with Crippen molar-refractivity contribution in [3.8, 4) is 0 Å². The number of esters is 1. The highest BCUT2D eigenvalue weighted by molar-refractivity contribution is 5.76. The fraction of sp³-hybridized carbons (Fsp3) is 0.846. The molecule has 0 radical (unpaired) electrons. The van der Waals surface area contributed by atoms with E-state index in [1.807, 2.05) is 6.08 Å². The Kier molecular flexibility index (Phi) is 46.2. The monoisotopic (exact) mass is 816 g/mol. The van der Waals surface area contributed by atoms with Crippen molar-refractivity contribution < 1.29 is 24.5 Å². The molecule has 0 aliphatic carbocycles. The molecule has 2 unspecified atom stereocenters. The van der Waals surface area contributed by atoms with Crippen molar-refractivity contribution in [1.82, 2.24) is 5.32 Å². The second kappa shape index (κ2) is 47.8. The van der Waals surface area contributed by atoms with Crippen molar-refractivity contribution in [3.05, 3.63) is 36.5 Å². The molecule has 0 saturated carbocycles. The highest BCUT2D eigenvalue weighted by Crippen LogP contribution is 2.15. The second-order valence-corrected chi connectivity index (χ2v) is 17.1. The number of ether oxygens (including phenoxy) is 1. The van der Waals surface area contributed by atoms with Gasteiger partial charge in [0.25, 0.3) is 0 Å². The lowest BCUT2D eigenvalue weighted by Gasteiger charge is -2.19. The number of aliphatic hydroxyl groups is 2. The Morgan fingerprint density at radius 1 is 0.466 bits per heavy atom. The first-order valence-corrected chi connectivity index (χ1v) is 25.3. The quantitative estimate of drug-likeness (QED) is 0.0323. The van der Waals surface area contributed by atoms with Crippen LogP contribution >= 0.6 is 0 Å². The van der Waals surface area contributed by atoms with E-state index in [1.165, 1.54) is 161 Å². The lowest BCUT2D eigenvalue weighted by Crippen LogP contribution is -2.45. The molecule has 0 aliphatic heterocycles. The van der Waals surface area contributed by atoms with Crippen molar-refractivity contribution in [2.75, 3.05) is 13.2 Å². The number of carbonyl (C=O) groups is 2. The van der Waals surface area contributed by atoms with Gasteiger partial charge in [0.2, 0.25) is 5.91 Å². The average molecular weight is 816 g/mol. The van der Waals surface area contributed by atoms with Gasteiger partial charge in [-0.2, -0.15) is 0 Å². The van der Waals surface area contributed by atoms with Gasteiger partial charge in [0, 0.05) is 12.8 Å². The van der Waals surface area contributed by atoms with Crippen molar-refractivity contribution >= 4 is 11.9 Å². The molecule has 0 rings (SSSR count). The third-order valence-electron chi connectivity index (χ3n) is 11.4. The minimum absolute atomic E-state index is 0.0420. The highest BCUT2D eigenvalue weighted by Gasteiger charge is 2.17. The topological polar surface area (TPSA) is 95.9 Å². The van der Waals surface area contributed by atoms with Gasteiger partial charge in [-0.3, -0.25) is 9.59 Å². The van der Waals surface area contributed by atoms with Crippen LogP contribution in [0.2, 0.25) is 0 Å². The Bertz CT molecular complexity index is 946. The fourth-order valence-corrected chi connectivity index (χ4v) is 7.45. The first-order valence-electron chi connectivity index (χ1n) is 25.3. The highest BCUT2D eigenvalue weighted by atomic mass is 16.5. The van der Waals surface area contributed by atoms with Gasteiger partial charge >= 0.3 is 5.97 Å². The summed E-state index contributed by atoms with van der Waals surface area (Å²) in [6.45, 7) is 4.80. The molecule has 0 spiro atoms. The standard InChI is InChI=1S/C52H97NO5/c1-3-5-7-9-11-13-15-17-19-20-22-24-26-30-34-38-42-46-52(57)58-47-43-39-35-31-27-29-33-37-41-45-51(56)53-49(48-54)50(55)44-40-36-32-28-25-23-21-18-16-14-12-10-8-6-4-2/h17,19,29,33,40,44,49-50,54-55H,3-16,18,20-28,30-32,34-39,41-43,45-48H2,1-2H3,(H,53,56)/b19-17-,33-29-,44-40+. The fourth-order valence-electron chi connectivity index (χ4n) is 7.45. The van der Waals surface area contributed by atoms with E-state index in [0.717, 1.165) is 70.6 Å². The molecule has 3 N–H and O–H groups in total. The molecule has 0 fully saturated rings. The Morgan fingerprint density at radius 3 is 1.26 bits per heavy atom. The normalized spacial score (nSPS) is 13.0. The summed E-state index contributed by atoms with van der Waals surface area (Å²) in [7, 11) is 0. The smallest absolute Gasteiger partial charge is 0.305 e. The summed E-state index contributed by atoms with van der Waals surface area (Å²) < 4.78 is 5.44. The number of carbonyl (C=O) groups excluding carboxylic acids is 2. The molecule has 58 heavy (non-hydrogen) atoms. The predicted octanol–water partition coefficient (Wildman–Crippen LogP) is 14.9. The number of hydrogen-bond acceptors (Lipinski definition) is 5. The van der Waals surface area contributed by atoms with Crippen LogP contribution in [-0.2, 0) is 14.3 Å². The summed E-state index contributed by atoms with van der Waals surface area (Å²) in [6.07, 6.45) is 57.2. The van der Waals surface area contributed by atoms with Crippen molar-refractivity contribution in [2.24, 2.45) is 0 Å². The Balaban J connectivity index is 3.57. The number of amides is 1. The molecular weight excluding hydrogens is 719 g/mol. The number of aliphatic hydroxyl groups excluding tert-OH is 2. The molecule has 0 aromatic heterocycles. The van der Waals surface area contributed by atoms with E-state index in [1.54, 1.807) is 6.08 Å². The predicted molar refractivity (Wildman–Crippen MR) is 250 cm³/mol. The molecule has 0 heterocycles. The molecule has 2 atom stereocenters. The summed E-state index contributed by atoms with van der Waals surface area (Å²) in [4.78, 5) is 24.4. The number of unbranched alkanes of at least 4 members (excludes halogenated alkanes) is 31. The van der Waals surface area contributed by atoms with Gasteiger partial charge in [-0.05, 0) is 77.0 Å². The Morgan fingerprint density at radius 2 is 0.828 bits per heavy atom. The summed E-state index contributed by atoms with van der Waals surface area (Å²) in [6, 6.07) is -0.665. The van der Waals surface area contributed by atoms with Crippen LogP contribution in [-0.4, -0.2) is 47.4 Å². The lowest BCUT2D eigenvalue weighted by molar-refractivity contribution is -0.143. The number of allylic oxidation sites excluding steroid dienone is 5. The van der Waals surface area contributed by atoms with E-state index in [2.05, 4.69) is 43.5 Å². The molecule has 0 aromatic rings. The maximum Gasteiger partial charge on any atom is 0.305 e. The van der Waals surface area contributed by atoms with E-state index >= 15 is 0 Å². The van der Waals surface area contributed by atoms with E-state index in [0.29, 0.717) is 19.4 Å². The molecule has 6 nitrogen and oxygen atoms in total.